The van der Waals surface area contributed by atoms with Crippen LogP contribution in [0.1, 0.15) is 51.2 Å². The van der Waals surface area contributed by atoms with E-state index in [0.29, 0.717) is 6.42 Å². The normalized spacial score (nSPS) is 28.0. The van der Waals surface area contributed by atoms with Gasteiger partial charge in [-0.15, -0.1) is 0 Å². The summed E-state index contributed by atoms with van der Waals surface area (Å²) in [5.41, 5.74) is 3.07. The van der Waals surface area contributed by atoms with E-state index in [1.54, 1.807) is 33.8 Å². The SMILES string of the molecule is CC(C)OC(=O)N1[C@@H]2C[C@@H]([C@H]3c4ccccc4/C(=C/C#N)[C@H]32)N1C(=O)OC(C)C. The molecule has 2 aliphatic carbocycles. The second kappa shape index (κ2) is 7.11. The van der Waals surface area contributed by atoms with Crippen molar-refractivity contribution in [1.82, 2.24) is 10.0 Å². The first-order chi connectivity index (χ1) is 13.8. The molecule has 2 bridgehead atoms. The Bertz CT molecular complexity index is 917. The molecule has 1 heterocycles. The number of benzene rings is 1. The smallest absolute Gasteiger partial charge is 0.429 e. The standard InChI is InChI=1S/C22H25N3O4/c1-12(2)28-21(26)24-17-11-18(25(24)22(27)29-13(3)4)20-16(9-10-23)14-7-5-6-8-15(14)19(17)20/h5-9,12-13,17-20H,11H2,1-4H3/b16-9-/t17-,18+,19+,20-/m0/s1. The number of nitriles is 1. The van der Waals surface area contributed by atoms with E-state index in [0.717, 1.165) is 16.7 Å². The molecule has 0 aromatic heterocycles. The Labute approximate surface area is 170 Å². The van der Waals surface area contributed by atoms with E-state index in [-0.39, 0.29) is 36.1 Å². The minimum Gasteiger partial charge on any atom is -0.445 e. The third kappa shape index (κ3) is 2.94. The average Bonchev–Trinajstić information content (AvgIpc) is 3.29. The van der Waals surface area contributed by atoms with Gasteiger partial charge in [-0.05, 0) is 50.8 Å². The maximum atomic E-state index is 12.9. The number of nitrogens with zero attached hydrogens (tertiary/aromatic N) is 3. The van der Waals surface area contributed by atoms with Crippen LogP contribution < -0.4 is 0 Å². The first-order valence-corrected chi connectivity index (χ1v) is 10.0. The first-order valence-electron chi connectivity index (χ1n) is 10.0. The molecule has 1 aliphatic heterocycles. The number of fused-ring (bicyclic) bond motifs is 7. The highest BCUT2D eigenvalue weighted by Crippen LogP contribution is 2.60. The Hall–Kier alpha value is -3.01. The molecule has 0 unspecified atom stereocenters. The van der Waals surface area contributed by atoms with Crippen LogP contribution in [0.25, 0.3) is 5.57 Å². The van der Waals surface area contributed by atoms with Crippen molar-refractivity contribution in [2.45, 2.75) is 64.3 Å². The van der Waals surface area contributed by atoms with Gasteiger partial charge in [0.25, 0.3) is 0 Å². The van der Waals surface area contributed by atoms with Gasteiger partial charge in [-0.3, -0.25) is 0 Å². The Morgan fingerprint density at radius 2 is 1.59 bits per heavy atom. The Morgan fingerprint density at radius 3 is 2.14 bits per heavy atom. The highest BCUT2D eigenvalue weighted by Gasteiger charge is 2.64. The number of amides is 2. The molecule has 29 heavy (non-hydrogen) atoms. The lowest BCUT2D eigenvalue weighted by Crippen LogP contribution is -2.58. The molecule has 0 radical (unpaired) electrons. The second-order valence-electron chi connectivity index (χ2n) is 8.29. The molecule has 0 N–H and O–H groups in total. The van der Waals surface area contributed by atoms with Crippen LogP contribution in [0.15, 0.2) is 30.3 Å². The van der Waals surface area contributed by atoms with Crippen LogP contribution in [0.5, 0.6) is 0 Å². The highest BCUT2D eigenvalue weighted by atomic mass is 16.6. The zero-order chi connectivity index (χ0) is 20.9. The van der Waals surface area contributed by atoms with E-state index >= 15 is 0 Å². The van der Waals surface area contributed by atoms with Gasteiger partial charge in [-0.25, -0.2) is 19.6 Å². The van der Waals surface area contributed by atoms with Crippen LogP contribution in [0, 0.1) is 17.2 Å². The number of ether oxygens (including phenoxy) is 2. The first kappa shape index (κ1) is 19.3. The molecule has 1 aromatic rings. The molecule has 152 valence electrons. The molecule has 7 nitrogen and oxygen atoms in total. The fourth-order valence-electron chi connectivity index (χ4n) is 5.08. The number of rotatable bonds is 2. The summed E-state index contributed by atoms with van der Waals surface area (Å²) >= 11 is 0. The molecular weight excluding hydrogens is 370 g/mol. The molecule has 4 rings (SSSR count). The van der Waals surface area contributed by atoms with Crippen molar-refractivity contribution in [2.24, 2.45) is 5.92 Å². The highest BCUT2D eigenvalue weighted by molar-refractivity contribution is 5.83. The van der Waals surface area contributed by atoms with E-state index in [1.165, 1.54) is 10.0 Å². The lowest BCUT2D eigenvalue weighted by molar-refractivity contribution is -0.0633. The summed E-state index contributed by atoms with van der Waals surface area (Å²) in [5.74, 6) is -0.0153. The number of hydrogen-bond acceptors (Lipinski definition) is 5. The Morgan fingerprint density at radius 1 is 1.03 bits per heavy atom. The topological polar surface area (TPSA) is 82.9 Å². The summed E-state index contributed by atoms with van der Waals surface area (Å²) in [5, 5.41) is 12.2. The van der Waals surface area contributed by atoms with Crippen molar-refractivity contribution < 1.29 is 19.1 Å². The van der Waals surface area contributed by atoms with E-state index < -0.39 is 12.2 Å². The molecule has 4 atom stereocenters. The van der Waals surface area contributed by atoms with Gasteiger partial charge in [0.1, 0.15) is 0 Å². The van der Waals surface area contributed by atoms with Crippen molar-refractivity contribution in [1.29, 1.82) is 5.26 Å². The summed E-state index contributed by atoms with van der Waals surface area (Å²) in [6, 6.07) is 9.65. The molecule has 1 saturated heterocycles. The predicted molar refractivity (Wildman–Crippen MR) is 105 cm³/mol. The summed E-state index contributed by atoms with van der Waals surface area (Å²) in [6.45, 7) is 7.12. The lowest BCUT2D eigenvalue weighted by atomic mass is 9.88. The zero-order valence-corrected chi connectivity index (χ0v) is 17.0. The number of hydrogen-bond donors (Lipinski definition) is 0. The van der Waals surface area contributed by atoms with E-state index in [9.17, 15) is 14.9 Å². The zero-order valence-electron chi connectivity index (χ0n) is 17.0. The van der Waals surface area contributed by atoms with Crippen LogP contribution in [0.4, 0.5) is 9.59 Å². The largest absolute Gasteiger partial charge is 0.445 e. The summed E-state index contributed by atoms with van der Waals surface area (Å²) in [7, 11) is 0. The maximum Gasteiger partial charge on any atom is 0.429 e. The lowest BCUT2D eigenvalue weighted by Gasteiger charge is -2.42. The molecule has 1 aromatic carbocycles. The Kier molecular flexibility index (Phi) is 4.73. The number of carbonyl (C=O) groups is 2. The number of hydrazine groups is 1. The van der Waals surface area contributed by atoms with Gasteiger partial charge < -0.3 is 9.47 Å². The summed E-state index contributed by atoms with van der Waals surface area (Å²) < 4.78 is 10.9. The predicted octanol–water partition coefficient (Wildman–Crippen LogP) is 4.07. The van der Waals surface area contributed by atoms with Crippen molar-refractivity contribution in [2.75, 3.05) is 0 Å². The second-order valence-corrected chi connectivity index (χ2v) is 8.29. The minimum absolute atomic E-state index is 0.0265. The van der Waals surface area contributed by atoms with Gasteiger partial charge in [0, 0.05) is 17.9 Å². The van der Waals surface area contributed by atoms with E-state index in [2.05, 4.69) is 12.1 Å². The van der Waals surface area contributed by atoms with E-state index in [1.807, 2.05) is 18.2 Å². The van der Waals surface area contributed by atoms with Crippen LogP contribution in [0.2, 0.25) is 0 Å². The fourth-order valence-corrected chi connectivity index (χ4v) is 5.08. The molecule has 3 aliphatic rings. The van der Waals surface area contributed by atoms with Crippen LogP contribution in [-0.4, -0.2) is 46.5 Å². The quantitative estimate of drug-likeness (QED) is 0.705. The third-order valence-corrected chi connectivity index (χ3v) is 5.82. The van der Waals surface area contributed by atoms with E-state index in [4.69, 9.17) is 9.47 Å². The van der Waals surface area contributed by atoms with Gasteiger partial charge in [0.15, 0.2) is 0 Å². The van der Waals surface area contributed by atoms with Crippen LogP contribution in [0.3, 0.4) is 0 Å². The molecule has 2 fully saturated rings. The van der Waals surface area contributed by atoms with Crippen LogP contribution >= 0.6 is 0 Å². The maximum absolute atomic E-state index is 12.9. The van der Waals surface area contributed by atoms with Gasteiger partial charge in [-0.2, -0.15) is 5.26 Å². The van der Waals surface area contributed by atoms with Crippen LogP contribution in [-0.2, 0) is 9.47 Å². The van der Waals surface area contributed by atoms with Gasteiger partial charge in [0.2, 0.25) is 0 Å². The van der Waals surface area contributed by atoms with Crippen molar-refractivity contribution in [3.05, 3.63) is 41.5 Å². The molecule has 7 heteroatoms. The fraction of sp³-hybridized carbons (Fsp3) is 0.500. The summed E-state index contributed by atoms with van der Waals surface area (Å²) in [6.07, 6.45) is 0.501. The van der Waals surface area contributed by atoms with Crippen molar-refractivity contribution in [3.8, 4) is 6.07 Å². The molecule has 1 saturated carbocycles. The molecule has 2 amide bonds. The van der Waals surface area contributed by atoms with Gasteiger partial charge >= 0.3 is 12.2 Å². The minimum atomic E-state index is -0.557. The average molecular weight is 395 g/mol. The van der Waals surface area contributed by atoms with Crippen molar-refractivity contribution in [3.63, 3.8) is 0 Å². The molecular formula is C22H25N3O4. The monoisotopic (exact) mass is 395 g/mol. The molecule has 0 spiro atoms. The summed E-state index contributed by atoms with van der Waals surface area (Å²) in [4.78, 5) is 25.9. The number of allylic oxidation sites excluding steroid dienone is 1. The van der Waals surface area contributed by atoms with Crippen molar-refractivity contribution >= 4 is 17.8 Å². The van der Waals surface area contributed by atoms with Gasteiger partial charge in [0.05, 0.1) is 30.4 Å². The Balaban J connectivity index is 1.78. The number of carbonyl (C=O) groups excluding carboxylic acids is 2. The van der Waals surface area contributed by atoms with Gasteiger partial charge in [-0.1, -0.05) is 24.3 Å². The third-order valence-electron chi connectivity index (χ3n) is 5.82.